The Kier molecular flexibility index (Phi) is 6.59. The fraction of sp³-hybridized carbons (Fsp3) is 0.545. The Morgan fingerprint density at radius 2 is 1.85 bits per heavy atom. The lowest BCUT2D eigenvalue weighted by Gasteiger charge is -2.20. The molecule has 0 spiro atoms. The molecule has 1 aliphatic carbocycles. The van der Waals surface area contributed by atoms with Crippen LogP contribution in [0.5, 0.6) is 0 Å². The van der Waals surface area contributed by atoms with Gasteiger partial charge in [-0.1, -0.05) is 62.3 Å². The van der Waals surface area contributed by atoms with Crippen molar-refractivity contribution in [3.05, 3.63) is 55.6 Å². The van der Waals surface area contributed by atoms with Gasteiger partial charge >= 0.3 is 4.87 Å². The molecule has 3 rings (SSSR count). The summed E-state index contributed by atoms with van der Waals surface area (Å²) < 4.78 is 1.86. The van der Waals surface area contributed by atoms with Gasteiger partial charge in [0.05, 0.1) is 12.5 Å². The molecule has 1 aromatic carbocycles. The van der Waals surface area contributed by atoms with Crippen molar-refractivity contribution in [2.24, 2.45) is 11.8 Å². The Morgan fingerprint density at radius 1 is 1.22 bits per heavy atom. The van der Waals surface area contributed by atoms with E-state index in [9.17, 15) is 9.59 Å². The van der Waals surface area contributed by atoms with E-state index < -0.39 is 0 Å². The minimum atomic E-state index is -0.252. The predicted octanol–water partition coefficient (Wildman–Crippen LogP) is 5.50. The summed E-state index contributed by atoms with van der Waals surface area (Å²) in [5.41, 5.74) is 3.15. The molecule has 5 heteroatoms. The summed E-state index contributed by atoms with van der Waals surface area (Å²) in [7, 11) is 0. The molecule has 1 aromatic heterocycles. The molecule has 3 nitrogen and oxygen atoms in total. The number of carbonyl (C=O) groups excluding carboxylic acids is 1. The molecule has 0 bridgehead atoms. The average Bonchev–Trinajstić information content (AvgIpc) is 3.20. The molecule has 0 aliphatic heterocycles. The van der Waals surface area contributed by atoms with Crippen LogP contribution in [0.2, 0.25) is 0 Å². The second-order valence-corrected chi connectivity index (χ2v) is 9.55. The number of hydrogen-bond donors (Lipinski definition) is 0. The first kappa shape index (κ1) is 20.3. The second-order valence-electron chi connectivity index (χ2n) is 8.13. The summed E-state index contributed by atoms with van der Waals surface area (Å²) in [4.78, 5) is 25.7. The summed E-state index contributed by atoms with van der Waals surface area (Å²) in [6.45, 7) is 6.95. The van der Waals surface area contributed by atoms with Gasteiger partial charge in [-0.25, -0.2) is 0 Å². The number of hydrogen-bond acceptors (Lipinski definition) is 3. The van der Waals surface area contributed by atoms with Crippen LogP contribution in [0.4, 0.5) is 0 Å². The first-order valence-corrected chi connectivity index (χ1v) is 11.0. The topological polar surface area (TPSA) is 39.1 Å². The molecule has 146 valence electrons. The Hall–Kier alpha value is -1.39. The summed E-state index contributed by atoms with van der Waals surface area (Å²) >= 11 is 7.29. The third-order valence-electron chi connectivity index (χ3n) is 5.63. The van der Waals surface area contributed by atoms with E-state index >= 15 is 0 Å². The summed E-state index contributed by atoms with van der Waals surface area (Å²) in [6.07, 6.45) is 5.46. The molecular formula is C22H28ClNO2S. The fourth-order valence-corrected chi connectivity index (χ4v) is 5.66. The minimum absolute atomic E-state index is 0.104. The van der Waals surface area contributed by atoms with Gasteiger partial charge in [0.1, 0.15) is 0 Å². The highest BCUT2D eigenvalue weighted by Crippen LogP contribution is 2.38. The van der Waals surface area contributed by atoms with Gasteiger partial charge in [-0.05, 0) is 60.7 Å². The van der Waals surface area contributed by atoms with Crippen LogP contribution >= 0.6 is 22.9 Å². The number of aromatic nitrogens is 1. The van der Waals surface area contributed by atoms with E-state index in [1.165, 1.54) is 29.1 Å². The van der Waals surface area contributed by atoms with E-state index in [0.717, 1.165) is 36.1 Å². The van der Waals surface area contributed by atoms with Crippen molar-refractivity contribution >= 4 is 28.2 Å². The van der Waals surface area contributed by atoms with E-state index in [1.807, 2.05) is 35.8 Å². The van der Waals surface area contributed by atoms with Crippen molar-refractivity contribution in [1.82, 2.24) is 4.57 Å². The first-order valence-electron chi connectivity index (χ1n) is 9.84. The van der Waals surface area contributed by atoms with Gasteiger partial charge < -0.3 is 0 Å². The van der Waals surface area contributed by atoms with Gasteiger partial charge in [-0.2, -0.15) is 0 Å². The molecule has 2 aromatic rings. The third-order valence-corrected chi connectivity index (χ3v) is 6.97. The lowest BCUT2D eigenvalue weighted by Crippen LogP contribution is -2.17. The number of benzene rings is 1. The van der Waals surface area contributed by atoms with E-state index in [0.29, 0.717) is 18.4 Å². The molecule has 27 heavy (non-hydrogen) atoms. The number of halogens is 1. The number of nitrogens with zero attached hydrogens (tertiary/aromatic N) is 1. The monoisotopic (exact) mass is 405 g/mol. The average molecular weight is 406 g/mol. The maximum Gasteiger partial charge on any atom is 0.307 e. The van der Waals surface area contributed by atoms with Crippen molar-refractivity contribution in [1.29, 1.82) is 0 Å². The molecule has 1 aliphatic rings. The highest BCUT2D eigenvalue weighted by molar-refractivity contribution is 7.09. The van der Waals surface area contributed by atoms with Crippen LogP contribution in [0.3, 0.4) is 0 Å². The maximum atomic E-state index is 12.4. The molecular weight excluding hydrogens is 378 g/mol. The van der Waals surface area contributed by atoms with Crippen LogP contribution in [0, 0.1) is 18.8 Å². The quantitative estimate of drug-likeness (QED) is 0.570. The predicted molar refractivity (Wildman–Crippen MR) is 113 cm³/mol. The Labute approximate surface area is 170 Å². The summed E-state index contributed by atoms with van der Waals surface area (Å²) in [5.74, 6) is 0.697. The standard InChI is InChI=1S/C22H28ClNO2S/c1-14(2)12-19-15(3)24(22(26)27-19)13-16-8-10-18(11-9-16)20(21(23)25)17-6-4-5-7-17/h8-11,14,17,20H,4-7,12-13H2,1-3H3. The van der Waals surface area contributed by atoms with Crippen molar-refractivity contribution < 1.29 is 4.79 Å². The molecule has 0 saturated heterocycles. The zero-order chi connectivity index (χ0) is 19.6. The largest absolute Gasteiger partial charge is 0.307 e. The molecule has 1 saturated carbocycles. The highest BCUT2D eigenvalue weighted by atomic mass is 35.5. The molecule has 1 fully saturated rings. The lowest BCUT2D eigenvalue weighted by molar-refractivity contribution is -0.114. The van der Waals surface area contributed by atoms with Crippen molar-refractivity contribution in [3.63, 3.8) is 0 Å². The van der Waals surface area contributed by atoms with Crippen molar-refractivity contribution in [2.45, 2.75) is 65.3 Å². The van der Waals surface area contributed by atoms with Gasteiger partial charge in [0.2, 0.25) is 5.24 Å². The van der Waals surface area contributed by atoms with E-state index in [-0.39, 0.29) is 16.0 Å². The fourth-order valence-electron chi connectivity index (χ4n) is 4.16. The maximum absolute atomic E-state index is 12.4. The number of thiazole rings is 1. The van der Waals surface area contributed by atoms with Crippen molar-refractivity contribution in [2.75, 3.05) is 0 Å². The smallest absolute Gasteiger partial charge is 0.299 e. The lowest BCUT2D eigenvalue weighted by atomic mass is 9.85. The SMILES string of the molecule is Cc1c(CC(C)C)sc(=O)n1Cc1ccc(C(C(=O)Cl)C2CCCC2)cc1. The van der Waals surface area contributed by atoms with Gasteiger partial charge in [-0.15, -0.1) is 0 Å². The number of carbonyl (C=O) groups is 1. The Morgan fingerprint density at radius 3 is 2.41 bits per heavy atom. The molecule has 0 amide bonds. The molecule has 1 heterocycles. The minimum Gasteiger partial charge on any atom is -0.299 e. The van der Waals surface area contributed by atoms with Gasteiger partial charge in [0.25, 0.3) is 0 Å². The van der Waals surface area contributed by atoms with Crippen molar-refractivity contribution in [3.8, 4) is 0 Å². The van der Waals surface area contributed by atoms with E-state index in [4.69, 9.17) is 11.6 Å². The van der Waals surface area contributed by atoms with E-state index in [1.54, 1.807) is 0 Å². The molecule has 0 radical (unpaired) electrons. The molecule has 0 N–H and O–H groups in total. The summed E-state index contributed by atoms with van der Waals surface area (Å²) in [6, 6.07) is 8.09. The van der Waals surface area contributed by atoms with Gasteiger partial charge in [0.15, 0.2) is 0 Å². The van der Waals surface area contributed by atoms with Crippen LogP contribution in [0.15, 0.2) is 29.1 Å². The van der Waals surface area contributed by atoms with Crippen LogP contribution in [-0.2, 0) is 17.8 Å². The first-order chi connectivity index (χ1) is 12.9. The molecule has 1 unspecified atom stereocenters. The third kappa shape index (κ3) is 4.72. The van der Waals surface area contributed by atoms with Crippen LogP contribution in [0.25, 0.3) is 0 Å². The van der Waals surface area contributed by atoms with E-state index in [2.05, 4.69) is 13.8 Å². The number of rotatable bonds is 7. The molecule has 1 atom stereocenters. The van der Waals surface area contributed by atoms with Gasteiger partial charge in [-0.3, -0.25) is 14.2 Å². The van der Waals surface area contributed by atoms with Crippen LogP contribution in [-0.4, -0.2) is 9.81 Å². The Balaban J connectivity index is 1.79. The zero-order valence-corrected chi connectivity index (χ0v) is 17.9. The van der Waals surface area contributed by atoms with Gasteiger partial charge in [0, 0.05) is 10.6 Å². The van der Waals surface area contributed by atoms with Crippen LogP contribution < -0.4 is 4.87 Å². The Bertz CT molecular complexity index is 844. The normalized spacial score (nSPS) is 16.2. The second kappa shape index (κ2) is 8.74. The zero-order valence-electron chi connectivity index (χ0n) is 16.3. The summed E-state index contributed by atoms with van der Waals surface area (Å²) in [5, 5.41) is -0.252. The highest BCUT2D eigenvalue weighted by Gasteiger charge is 2.30. The van der Waals surface area contributed by atoms with Crippen LogP contribution in [0.1, 0.15) is 67.1 Å².